The van der Waals surface area contributed by atoms with Gasteiger partial charge in [-0.15, -0.1) is 0 Å². The standard InChI is InChI=1S/C14H17NO2/c1-3-4-8-15-10(2)9-12-11(14(16)17)6-5-7-13(12)15/h5-7,9H,3-4,8H2,1-2H3,(H,16,17). The number of fused-ring (bicyclic) bond motifs is 1. The molecule has 0 radical (unpaired) electrons. The Kier molecular flexibility index (Phi) is 3.18. The van der Waals surface area contributed by atoms with Crippen LogP contribution in [0, 0.1) is 6.92 Å². The van der Waals surface area contributed by atoms with Crippen molar-refractivity contribution >= 4 is 16.9 Å². The second-order valence-corrected chi connectivity index (χ2v) is 4.33. The molecule has 2 aromatic rings. The highest BCUT2D eigenvalue weighted by atomic mass is 16.4. The van der Waals surface area contributed by atoms with Gasteiger partial charge in [-0.1, -0.05) is 19.4 Å². The summed E-state index contributed by atoms with van der Waals surface area (Å²) in [5.41, 5.74) is 2.54. The maximum atomic E-state index is 11.1. The molecule has 3 nitrogen and oxygen atoms in total. The van der Waals surface area contributed by atoms with Gasteiger partial charge in [0.15, 0.2) is 0 Å². The van der Waals surface area contributed by atoms with Gasteiger partial charge in [-0.05, 0) is 31.5 Å². The molecule has 0 atom stereocenters. The Labute approximate surface area is 101 Å². The molecule has 0 saturated carbocycles. The average molecular weight is 231 g/mol. The highest BCUT2D eigenvalue weighted by Gasteiger charge is 2.12. The van der Waals surface area contributed by atoms with Crippen LogP contribution in [0.3, 0.4) is 0 Å². The molecule has 0 aliphatic carbocycles. The number of aromatic carboxylic acids is 1. The van der Waals surface area contributed by atoms with Crippen LogP contribution < -0.4 is 0 Å². The van der Waals surface area contributed by atoms with Crippen molar-refractivity contribution < 1.29 is 9.90 Å². The predicted molar refractivity (Wildman–Crippen MR) is 68.5 cm³/mol. The summed E-state index contributed by atoms with van der Waals surface area (Å²) < 4.78 is 2.20. The molecule has 0 unspecified atom stereocenters. The van der Waals surface area contributed by atoms with Crippen molar-refractivity contribution in [3.8, 4) is 0 Å². The van der Waals surface area contributed by atoms with Crippen LogP contribution >= 0.6 is 0 Å². The first-order valence-corrected chi connectivity index (χ1v) is 5.97. The number of hydrogen-bond acceptors (Lipinski definition) is 1. The van der Waals surface area contributed by atoms with Gasteiger partial charge in [0.1, 0.15) is 0 Å². The minimum Gasteiger partial charge on any atom is -0.478 e. The summed E-state index contributed by atoms with van der Waals surface area (Å²) in [5.74, 6) is -0.858. The highest BCUT2D eigenvalue weighted by Crippen LogP contribution is 2.23. The quantitative estimate of drug-likeness (QED) is 0.875. The third-order valence-electron chi connectivity index (χ3n) is 3.12. The van der Waals surface area contributed by atoms with E-state index in [0.717, 1.165) is 36.0 Å². The van der Waals surface area contributed by atoms with E-state index in [4.69, 9.17) is 5.11 Å². The molecule has 0 spiro atoms. The Hall–Kier alpha value is -1.77. The SMILES string of the molecule is CCCCn1c(C)cc2c(C(=O)O)cccc21. The topological polar surface area (TPSA) is 42.2 Å². The van der Waals surface area contributed by atoms with Gasteiger partial charge in [0.2, 0.25) is 0 Å². The van der Waals surface area contributed by atoms with Crippen LogP contribution in [0.2, 0.25) is 0 Å². The third kappa shape index (κ3) is 2.05. The molecule has 17 heavy (non-hydrogen) atoms. The summed E-state index contributed by atoms with van der Waals surface area (Å²) in [4.78, 5) is 11.1. The lowest BCUT2D eigenvalue weighted by Gasteiger charge is -2.07. The Morgan fingerprint density at radius 2 is 2.18 bits per heavy atom. The van der Waals surface area contributed by atoms with Crippen molar-refractivity contribution in [2.75, 3.05) is 0 Å². The fraction of sp³-hybridized carbons (Fsp3) is 0.357. The lowest BCUT2D eigenvalue weighted by atomic mass is 10.1. The van der Waals surface area contributed by atoms with Gasteiger partial charge in [0.25, 0.3) is 0 Å². The van der Waals surface area contributed by atoms with Gasteiger partial charge >= 0.3 is 5.97 Å². The zero-order valence-electron chi connectivity index (χ0n) is 10.2. The van der Waals surface area contributed by atoms with Gasteiger partial charge in [0.05, 0.1) is 5.56 Å². The van der Waals surface area contributed by atoms with Gasteiger partial charge in [-0.3, -0.25) is 0 Å². The number of carbonyl (C=O) groups is 1. The summed E-state index contributed by atoms with van der Waals surface area (Å²) in [7, 11) is 0. The average Bonchev–Trinajstić information content (AvgIpc) is 2.61. The van der Waals surface area contributed by atoms with Crippen LogP contribution in [0.5, 0.6) is 0 Å². The van der Waals surface area contributed by atoms with Crippen molar-refractivity contribution in [2.45, 2.75) is 33.2 Å². The second kappa shape index (κ2) is 4.62. The molecule has 0 fully saturated rings. The number of nitrogens with zero attached hydrogens (tertiary/aromatic N) is 1. The van der Waals surface area contributed by atoms with Crippen molar-refractivity contribution in [1.29, 1.82) is 0 Å². The molecule has 1 aromatic heterocycles. The van der Waals surface area contributed by atoms with Crippen LogP contribution in [0.25, 0.3) is 10.9 Å². The van der Waals surface area contributed by atoms with Crippen LogP contribution in [0.4, 0.5) is 0 Å². The summed E-state index contributed by atoms with van der Waals surface area (Å²) in [6.07, 6.45) is 2.25. The fourth-order valence-corrected chi connectivity index (χ4v) is 2.22. The van der Waals surface area contributed by atoms with E-state index in [9.17, 15) is 4.79 Å². The number of carboxylic acid groups (broad SMARTS) is 1. The Bertz CT molecular complexity index is 555. The predicted octanol–water partition coefficient (Wildman–Crippen LogP) is 3.45. The Morgan fingerprint density at radius 3 is 2.82 bits per heavy atom. The minimum atomic E-state index is -0.858. The molecule has 0 bridgehead atoms. The zero-order chi connectivity index (χ0) is 12.4. The normalized spacial score (nSPS) is 10.9. The van der Waals surface area contributed by atoms with Gasteiger partial charge in [-0.25, -0.2) is 4.79 Å². The van der Waals surface area contributed by atoms with Crippen LogP contribution in [-0.4, -0.2) is 15.6 Å². The first kappa shape index (κ1) is 11.7. The highest BCUT2D eigenvalue weighted by molar-refractivity contribution is 6.03. The van der Waals surface area contributed by atoms with Gasteiger partial charge in [0, 0.05) is 23.1 Å². The van der Waals surface area contributed by atoms with E-state index in [-0.39, 0.29) is 0 Å². The van der Waals surface area contributed by atoms with Crippen molar-refractivity contribution in [3.63, 3.8) is 0 Å². The van der Waals surface area contributed by atoms with Gasteiger partial charge < -0.3 is 9.67 Å². The van der Waals surface area contributed by atoms with Crippen LogP contribution in [-0.2, 0) is 6.54 Å². The number of unbranched alkanes of at least 4 members (excludes halogenated alkanes) is 1. The van der Waals surface area contributed by atoms with E-state index < -0.39 is 5.97 Å². The van der Waals surface area contributed by atoms with Crippen molar-refractivity contribution in [1.82, 2.24) is 4.57 Å². The number of carboxylic acids is 1. The molecule has 0 saturated heterocycles. The number of aryl methyl sites for hydroxylation is 2. The molecule has 90 valence electrons. The number of aromatic nitrogens is 1. The van der Waals surface area contributed by atoms with E-state index in [1.807, 2.05) is 25.1 Å². The second-order valence-electron chi connectivity index (χ2n) is 4.33. The summed E-state index contributed by atoms with van der Waals surface area (Å²) in [6.45, 7) is 5.14. The lowest BCUT2D eigenvalue weighted by Crippen LogP contribution is -2.00. The number of benzene rings is 1. The molecule has 0 aliphatic heterocycles. The van der Waals surface area contributed by atoms with E-state index >= 15 is 0 Å². The summed E-state index contributed by atoms with van der Waals surface area (Å²) >= 11 is 0. The first-order chi connectivity index (χ1) is 8.15. The largest absolute Gasteiger partial charge is 0.478 e. The Balaban J connectivity index is 2.59. The third-order valence-corrected chi connectivity index (χ3v) is 3.12. The monoisotopic (exact) mass is 231 g/mol. The van der Waals surface area contributed by atoms with Gasteiger partial charge in [-0.2, -0.15) is 0 Å². The van der Waals surface area contributed by atoms with E-state index in [1.165, 1.54) is 0 Å². The zero-order valence-corrected chi connectivity index (χ0v) is 10.2. The molecule has 2 rings (SSSR count). The van der Waals surface area contributed by atoms with E-state index in [0.29, 0.717) is 5.56 Å². The summed E-state index contributed by atoms with van der Waals surface area (Å²) in [5, 5.41) is 9.99. The maximum Gasteiger partial charge on any atom is 0.336 e. The molecule has 1 heterocycles. The van der Waals surface area contributed by atoms with E-state index in [1.54, 1.807) is 6.07 Å². The maximum absolute atomic E-state index is 11.1. The molecular weight excluding hydrogens is 214 g/mol. The molecule has 3 heteroatoms. The fourth-order valence-electron chi connectivity index (χ4n) is 2.22. The number of rotatable bonds is 4. The molecule has 1 N–H and O–H groups in total. The lowest BCUT2D eigenvalue weighted by molar-refractivity contribution is 0.0699. The Morgan fingerprint density at radius 1 is 1.41 bits per heavy atom. The molecule has 1 aromatic carbocycles. The number of hydrogen-bond donors (Lipinski definition) is 1. The summed E-state index contributed by atoms with van der Waals surface area (Å²) in [6, 6.07) is 7.43. The smallest absolute Gasteiger partial charge is 0.336 e. The van der Waals surface area contributed by atoms with Crippen LogP contribution in [0.15, 0.2) is 24.3 Å². The first-order valence-electron chi connectivity index (χ1n) is 5.97. The van der Waals surface area contributed by atoms with E-state index in [2.05, 4.69) is 11.5 Å². The van der Waals surface area contributed by atoms with Crippen LogP contribution in [0.1, 0.15) is 35.8 Å². The molecular formula is C14H17NO2. The van der Waals surface area contributed by atoms with Crippen molar-refractivity contribution in [2.24, 2.45) is 0 Å². The molecule has 0 aliphatic rings. The van der Waals surface area contributed by atoms with Crippen molar-refractivity contribution in [3.05, 3.63) is 35.5 Å². The molecule has 0 amide bonds. The minimum absolute atomic E-state index is 0.390.